The Bertz CT molecular complexity index is 383. The minimum absolute atomic E-state index is 0. The molecule has 1 N–H and O–H groups in total. The standard InChI is InChI=1S/C12H15BrN2.ClH/c13-10-2-1-9-3-5-15-6-4-14-8-12(15)11(9)7-10;/h1-2,7,12,14H,3-6,8H2;1H. The lowest BCUT2D eigenvalue weighted by molar-refractivity contribution is 0.152. The fourth-order valence-corrected chi connectivity index (χ4v) is 3.07. The van der Waals surface area contributed by atoms with E-state index in [1.807, 2.05) is 0 Å². The van der Waals surface area contributed by atoms with E-state index in [-0.39, 0.29) is 12.4 Å². The molecule has 1 atom stereocenters. The maximum absolute atomic E-state index is 3.57. The summed E-state index contributed by atoms with van der Waals surface area (Å²) in [6.45, 7) is 4.65. The van der Waals surface area contributed by atoms with Gasteiger partial charge in [-0.3, -0.25) is 4.90 Å². The zero-order valence-corrected chi connectivity index (χ0v) is 11.5. The summed E-state index contributed by atoms with van der Waals surface area (Å²) < 4.78 is 1.20. The van der Waals surface area contributed by atoms with E-state index >= 15 is 0 Å². The normalized spacial score (nSPS) is 24.2. The molecule has 1 saturated heterocycles. The van der Waals surface area contributed by atoms with Gasteiger partial charge in [0.05, 0.1) is 0 Å². The van der Waals surface area contributed by atoms with E-state index in [9.17, 15) is 0 Å². The topological polar surface area (TPSA) is 15.3 Å². The van der Waals surface area contributed by atoms with Gasteiger partial charge in [-0.05, 0) is 29.7 Å². The molecule has 16 heavy (non-hydrogen) atoms. The summed E-state index contributed by atoms with van der Waals surface area (Å²) in [6.07, 6.45) is 1.21. The minimum atomic E-state index is 0. The third-order valence-electron chi connectivity index (χ3n) is 3.49. The molecule has 1 aromatic carbocycles. The van der Waals surface area contributed by atoms with Crippen LogP contribution in [0.15, 0.2) is 22.7 Å². The highest BCUT2D eigenvalue weighted by Gasteiger charge is 2.28. The maximum atomic E-state index is 3.57. The molecule has 0 aromatic heterocycles. The predicted octanol–water partition coefficient (Wildman–Crippen LogP) is 2.37. The molecule has 0 radical (unpaired) electrons. The number of nitrogens with one attached hydrogen (secondary N) is 1. The van der Waals surface area contributed by atoms with E-state index in [4.69, 9.17) is 0 Å². The maximum Gasteiger partial charge on any atom is 0.0476 e. The van der Waals surface area contributed by atoms with Crippen LogP contribution in [-0.4, -0.2) is 31.1 Å². The van der Waals surface area contributed by atoms with Crippen LogP contribution in [0.25, 0.3) is 0 Å². The summed E-state index contributed by atoms with van der Waals surface area (Å²) >= 11 is 3.57. The molecule has 0 spiro atoms. The van der Waals surface area contributed by atoms with Gasteiger partial charge in [0.15, 0.2) is 0 Å². The number of rotatable bonds is 0. The number of piperazine rings is 1. The second kappa shape index (κ2) is 5.05. The number of nitrogens with zero attached hydrogens (tertiary/aromatic N) is 1. The smallest absolute Gasteiger partial charge is 0.0476 e. The summed E-state index contributed by atoms with van der Waals surface area (Å²) in [7, 11) is 0. The fourth-order valence-electron chi connectivity index (χ4n) is 2.69. The fraction of sp³-hybridized carbons (Fsp3) is 0.500. The van der Waals surface area contributed by atoms with Crippen molar-refractivity contribution in [2.75, 3.05) is 26.2 Å². The summed E-state index contributed by atoms with van der Waals surface area (Å²) in [5.74, 6) is 0. The van der Waals surface area contributed by atoms with Gasteiger partial charge in [-0.1, -0.05) is 22.0 Å². The molecule has 0 amide bonds. The van der Waals surface area contributed by atoms with Gasteiger partial charge < -0.3 is 5.32 Å². The Morgan fingerprint density at radius 3 is 3.06 bits per heavy atom. The number of fused-ring (bicyclic) bond motifs is 3. The van der Waals surface area contributed by atoms with Gasteiger partial charge in [0.25, 0.3) is 0 Å². The van der Waals surface area contributed by atoms with Gasteiger partial charge in [-0.15, -0.1) is 12.4 Å². The second-order valence-corrected chi connectivity index (χ2v) is 5.26. The van der Waals surface area contributed by atoms with E-state index in [0.29, 0.717) is 6.04 Å². The molecule has 1 aromatic rings. The van der Waals surface area contributed by atoms with E-state index in [0.717, 1.165) is 13.1 Å². The van der Waals surface area contributed by atoms with E-state index in [1.165, 1.54) is 35.1 Å². The van der Waals surface area contributed by atoms with Gasteiger partial charge in [0, 0.05) is 36.7 Å². The molecule has 88 valence electrons. The zero-order chi connectivity index (χ0) is 10.3. The number of benzene rings is 1. The second-order valence-electron chi connectivity index (χ2n) is 4.35. The number of halogens is 2. The first-order chi connectivity index (χ1) is 7.34. The number of hydrogen-bond acceptors (Lipinski definition) is 2. The first-order valence-corrected chi connectivity index (χ1v) is 6.37. The molecular formula is C12H16BrClN2. The highest BCUT2D eigenvalue weighted by molar-refractivity contribution is 9.10. The minimum Gasteiger partial charge on any atom is -0.314 e. The van der Waals surface area contributed by atoms with Gasteiger partial charge >= 0.3 is 0 Å². The Balaban J connectivity index is 0.000000963. The van der Waals surface area contributed by atoms with Crippen molar-refractivity contribution in [1.29, 1.82) is 0 Å². The lowest BCUT2D eigenvalue weighted by atomic mass is 9.91. The Labute approximate surface area is 111 Å². The average Bonchev–Trinajstić information content (AvgIpc) is 2.29. The SMILES string of the molecule is Brc1ccc2c(c1)C1CNCCN1CC2.Cl. The molecule has 1 unspecified atom stereocenters. The molecule has 3 rings (SSSR count). The van der Waals surface area contributed by atoms with Crippen LogP contribution < -0.4 is 5.32 Å². The van der Waals surface area contributed by atoms with Crippen LogP contribution in [0.4, 0.5) is 0 Å². The van der Waals surface area contributed by atoms with Crippen LogP contribution in [0.5, 0.6) is 0 Å². The van der Waals surface area contributed by atoms with Gasteiger partial charge in [0.2, 0.25) is 0 Å². The molecule has 2 aliphatic rings. The van der Waals surface area contributed by atoms with Gasteiger partial charge in [-0.2, -0.15) is 0 Å². The quantitative estimate of drug-likeness (QED) is 0.791. The molecule has 1 fully saturated rings. The molecule has 2 nitrogen and oxygen atoms in total. The van der Waals surface area contributed by atoms with Crippen LogP contribution in [-0.2, 0) is 6.42 Å². The van der Waals surface area contributed by atoms with Crippen LogP contribution in [0, 0.1) is 0 Å². The zero-order valence-electron chi connectivity index (χ0n) is 9.08. The van der Waals surface area contributed by atoms with Crippen molar-refractivity contribution in [3.05, 3.63) is 33.8 Å². The molecule has 4 heteroatoms. The molecule has 0 aliphatic carbocycles. The lowest BCUT2D eigenvalue weighted by Gasteiger charge is -2.40. The van der Waals surface area contributed by atoms with Crippen molar-refractivity contribution in [2.45, 2.75) is 12.5 Å². The van der Waals surface area contributed by atoms with Crippen molar-refractivity contribution in [3.63, 3.8) is 0 Å². The predicted molar refractivity (Wildman–Crippen MR) is 72.3 cm³/mol. The van der Waals surface area contributed by atoms with Gasteiger partial charge in [-0.25, -0.2) is 0 Å². The largest absolute Gasteiger partial charge is 0.314 e. The number of hydrogen-bond donors (Lipinski definition) is 1. The first-order valence-electron chi connectivity index (χ1n) is 5.58. The Kier molecular flexibility index (Phi) is 3.90. The van der Waals surface area contributed by atoms with Crippen molar-refractivity contribution in [1.82, 2.24) is 10.2 Å². The third-order valence-corrected chi connectivity index (χ3v) is 3.98. The van der Waals surface area contributed by atoms with Crippen molar-refractivity contribution < 1.29 is 0 Å². The van der Waals surface area contributed by atoms with E-state index in [1.54, 1.807) is 0 Å². The Morgan fingerprint density at radius 1 is 1.31 bits per heavy atom. The van der Waals surface area contributed by atoms with Crippen LogP contribution in [0.2, 0.25) is 0 Å². The molecule has 0 bridgehead atoms. The van der Waals surface area contributed by atoms with Crippen molar-refractivity contribution in [2.24, 2.45) is 0 Å². The summed E-state index contributed by atoms with van der Waals surface area (Å²) in [6, 6.07) is 7.31. The van der Waals surface area contributed by atoms with Crippen molar-refractivity contribution >= 4 is 28.3 Å². The first kappa shape index (κ1) is 12.4. The van der Waals surface area contributed by atoms with Crippen LogP contribution in [0.1, 0.15) is 17.2 Å². The van der Waals surface area contributed by atoms with Crippen molar-refractivity contribution in [3.8, 4) is 0 Å². The monoisotopic (exact) mass is 302 g/mol. The highest BCUT2D eigenvalue weighted by Crippen LogP contribution is 2.32. The lowest BCUT2D eigenvalue weighted by Crippen LogP contribution is -2.48. The summed E-state index contributed by atoms with van der Waals surface area (Å²) in [5.41, 5.74) is 3.05. The molecular weight excluding hydrogens is 288 g/mol. The highest BCUT2D eigenvalue weighted by atomic mass is 79.9. The summed E-state index contributed by atoms with van der Waals surface area (Å²) in [5, 5.41) is 3.49. The molecule has 0 saturated carbocycles. The Morgan fingerprint density at radius 2 is 2.19 bits per heavy atom. The van der Waals surface area contributed by atoms with E-state index in [2.05, 4.69) is 44.3 Å². The van der Waals surface area contributed by atoms with E-state index < -0.39 is 0 Å². The third kappa shape index (κ3) is 2.14. The van der Waals surface area contributed by atoms with Gasteiger partial charge in [0.1, 0.15) is 0 Å². The molecule has 2 aliphatic heterocycles. The molecule has 2 heterocycles. The van der Waals surface area contributed by atoms with Crippen LogP contribution in [0.3, 0.4) is 0 Å². The summed E-state index contributed by atoms with van der Waals surface area (Å²) in [4.78, 5) is 2.60. The Hall–Kier alpha value is -0.0900. The average molecular weight is 304 g/mol. The van der Waals surface area contributed by atoms with Crippen LogP contribution >= 0.6 is 28.3 Å².